The quantitative estimate of drug-likeness (QED) is 0.579. The van der Waals surface area contributed by atoms with Crippen LogP contribution >= 0.6 is 8.58 Å². The van der Waals surface area contributed by atoms with Gasteiger partial charge in [-0.05, 0) is 24.7 Å². The third kappa shape index (κ3) is 2.97. The number of aromatic nitrogens is 2. The van der Waals surface area contributed by atoms with Gasteiger partial charge in [0.05, 0.1) is 12.4 Å². The van der Waals surface area contributed by atoms with E-state index in [4.69, 9.17) is 5.73 Å². The molecule has 1 aliphatic heterocycles. The summed E-state index contributed by atoms with van der Waals surface area (Å²) in [7, 11) is 1.08. The summed E-state index contributed by atoms with van der Waals surface area (Å²) in [4.78, 5) is 19.4. The maximum atomic E-state index is 11.7. The van der Waals surface area contributed by atoms with E-state index in [2.05, 4.69) is 15.3 Å². The zero-order valence-electron chi connectivity index (χ0n) is 8.89. The van der Waals surface area contributed by atoms with Gasteiger partial charge < -0.3 is 11.1 Å². The van der Waals surface area contributed by atoms with Crippen LogP contribution in [0, 0.1) is 5.92 Å². The summed E-state index contributed by atoms with van der Waals surface area (Å²) in [6, 6.07) is 0. The van der Waals surface area contributed by atoms with E-state index in [0.29, 0.717) is 11.6 Å². The van der Waals surface area contributed by atoms with Crippen LogP contribution in [0.4, 0.5) is 0 Å². The summed E-state index contributed by atoms with van der Waals surface area (Å²) in [6.07, 6.45) is 7.57. The van der Waals surface area contributed by atoms with E-state index < -0.39 is 0 Å². The fourth-order valence-electron chi connectivity index (χ4n) is 1.59. The minimum absolute atomic E-state index is 0.248. The monoisotopic (exact) mass is 238 g/mol. The molecule has 1 saturated heterocycles. The Bertz CT molecular complexity index is 355. The summed E-state index contributed by atoms with van der Waals surface area (Å²) >= 11 is 0. The van der Waals surface area contributed by atoms with Crippen molar-refractivity contribution < 1.29 is 4.79 Å². The molecule has 6 heteroatoms. The Balaban J connectivity index is 1.82. The van der Waals surface area contributed by atoms with E-state index in [-0.39, 0.29) is 12.1 Å². The first-order valence-corrected chi connectivity index (χ1v) is 6.70. The maximum absolute atomic E-state index is 11.7. The Morgan fingerprint density at radius 1 is 1.62 bits per heavy atom. The van der Waals surface area contributed by atoms with Crippen molar-refractivity contribution in [3.63, 3.8) is 0 Å². The number of carbonyl (C=O) groups is 1. The van der Waals surface area contributed by atoms with Crippen LogP contribution in [0.25, 0.3) is 0 Å². The summed E-state index contributed by atoms with van der Waals surface area (Å²) in [5.41, 5.74) is 6.16. The van der Waals surface area contributed by atoms with Gasteiger partial charge in [0.15, 0.2) is 0 Å². The molecule has 3 N–H and O–H groups in total. The molecule has 5 nitrogen and oxygen atoms in total. The number of nitrogens with zero attached hydrogens (tertiary/aromatic N) is 2. The van der Waals surface area contributed by atoms with Crippen molar-refractivity contribution in [2.75, 3.05) is 12.3 Å². The second kappa shape index (κ2) is 5.32. The fourth-order valence-corrected chi connectivity index (χ4v) is 2.62. The molecule has 1 aliphatic rings. The van der Waals surface area contributed by atoms with Gasteiger partial charge in [0.2, 0.25) is 0 Å². The molecule has 1 aromatic rings. The highest BCUT2D eigenvalue weighted by molar-refractivity contribution is 7.39. The molecule has 2 rings (SSSR count). The first-order valence-electron chi connectivity index (χ1n) is 5.29. The lowest BCUT2D eigenvalue weighted by molar-refractivity contribution is 0.0928. The molecule has 1 fully saturated rings. The Labute approximate surface area is 96.0 Å². The maximum Gasteiger partial charge on any atom is 0.272 e. The predicted octanol–water partition coefficient (Wildman–Crippen LogP) is 0.190. The van der Waals surface area contributed by atoms with Crippen LogP contribution in [0.5, 0.6) is 0 Å². The van der Waals surface area contributed by atoms with Gasteiger partial charge in [-0.2, -0.15) is 0 Å². The standard InChI is InChI=1S/C10H15N4OP/c11-9(3-7-5-16-6-7)14-10(15)8-4-12-1-2-13-8/h1-2,4,7,9,16H,3,5-6,11H2,(H,14,15). The zero-order valence-corrected chi connectivity index (χ0v) is 9.89. The van der Waals surface area contributed by atoms with Gasteiger partial charge in [0.1, 0.15) is 5.69 Å². The summed E-state index contributed by atoms with van der Waals surface area (Å²) < 4.78 is 0. The molecular formula is C10H15N4OP. The van der Waals surface area contributed by atoms with Crippen LogP contribution in [0.3, 0.4) is 0 Å². The molecule has 0 aliphatic carbocycles. The molecule has 1 aromatic heterocycles. The second-order valence-corrected chi connectivity index (χ2v) is 5.25. The van der Waals surface area contributed by atoms with Crippen LogP contribution in [-0.4, -0.2) is 34.4 Å². The minimum Gasteiger partial charge on any atom is -0.336 e. The predicted molar refractivity (Wildman–Crippen MR) is 63.6 cm³/mol. The summed E-state index contributed by atoms with van der Waals surface area (Å²) in [5.74, 6) is 0.442. The molecule has 0 spiro atoms. The average Bonchev–Trinajstić information content (AvgIpc) is 2.25. The fraction of sp³-hybridized carbons (Fsp3) is 0.500. The first kappa shape index (κ1) is 11.4. The molecule has 1 atom stereocenters. The minimum atomic E-state index is -0.274. The Morgan fingerprint density at radius 2 is 2.44 bits per heavy atom. The molecule has 16 heavy (non-hydrogen) atoms. The molecular weight excluding hydrogens is 223 g/mol. The zero-order chi connectivity index (χ0) is 11.4. The Kier molecular flexibility index (Phi) is 3.80. The highest BCUT2D eigenvalue weighted by atomic mass is 31.1. The SMILES string of the molecule is NC(CC1CPC1)NC(=O)c1cnccn1. The normalized spacial score (nSPS) is 22.4. The van der Waals surface area contributed by atoms with E-state index in [1.165, 1.54) is 30.9 Å². The smallest absolute Gasteiger partial charge is 0.272 e. The van der Waals surface area contributed by atoms with Crippen molar-refractivity contribution in [1.82, 2.24) is 15.3 Å². The number of nitrogens with two attached hydrogens (primary N) is 1. The highest BCUT2D eigenvalue weighted by Crippen LogP contribution is 2.33. The van der Waals surface area contributed by atoms with Gasteiger partial charge in [-0.25, -0.2) is 4.98 Å². The molecule has 2 heterocycles. The Hall–Kier alpha value is -1.06. The van der Waals surface area contributed by atoms with Crippen LogP contribution in [0.1, 0.15) is 16.9 Å². The topological polar surface area (TPSA) is 80.9 Å². The molecule has 0 bridgehead atoms. The number of nitrogens with one attached hydrogen (secondary N) is 1. The van der Waals surface area contributed by atoms with Gasteiger partial charge >= 0.3 is 0 Å². The average molecular weight is 238 g/mol. The van der Waals surface area contributed by atoms with Crippen molar-refractivity contribution in [3.05, 3.63) is 24.3 Å². The van der Waals surface area contributed by atoms with E-state index in [1.54, 1.807) is 0 Å². The first-order chi connectivity index (χ1) is 7.75. The Morgan fingerprint density at radius 3 is 3.00 bits per heavy atom. The number of hydrogen-bond donors (Lipinski definition) is 2. The molecule has 0 aromatic carbocycles. The number of rotatable bonds is 4. The molecule has 0 radical (unpaired) electrons. The molecule has 1 unspecified atom stereocenters. The van der Waals surface area contributed by atoms with Crippen molar-refractivity contribution in [3.8, 4) is 0 Å². The molecule has 86 valence electrons. The van der Waals surface area contributed by atoms with Gasteiger partial charge in [0, 0.05) is 12.4 Å². The summed E-state index contributed by atoms with van der Waals surface area (Å²) in [6.45, 7) is 0. The van der Waals surface area contributed by atoms with Crippen molar-refractivity contribution in [2.45, 2.75) is 12.6 Å². The van der Waals surface area contributed by atoms with Crippen molar-refractivity contribution in [2.24, 2.45) is 11.7 Å². The highest BCUT2D eigenvalue weighted by Gasteiger charge is 2.21. The van der Waals surface area contributed by atoms with Crippen LogP contribution in [0.2, 0.25) is 0 Å². The van der Waals surface area contributed by atoms with Crippen LogP contribution < -0.4 is 11.1 Å². The van der Waals surface area contributed by atoms with E-state index >= 15 is 0 Å². The van der Waals surface area contributed by atoms with Crippen molar-refractivity contribution in [1.29, 1.82) is 0 Å². The second-order valence-electron chi connectivity index (χ2n) is 3.93. The van der Waals surface area contributed by atoms with Gasteiger partial charge in [-0.15, -0.1) is 8.58 Å². The van der Waals surface area contributed by atoms with E-state index in [9.17, 15) is 4.79 Å². The third-order valence-corrected chi connectivity index (χ3v) is 4.30. The van der Waals surface area contributed by atoms with Crippen LogP contribution in [0.15, 0.2) is 18.6 Å². The lowest BCUT2D eigenvalue weighted by Gasteiger charge is -2.28. The van der Waals surface area contributed by atoms with E-state index in [0.717, 1.165) is 15.0 Å². The lowest BCUT2D eigenvalue weighted by atomic mass is 10.1. The number of carbonyl (C=O) groups excluding carboxylic acids is 1. The van der Waals surface area contributed by atoms with E-state index in [1.807, 2.05) is 0 Å². The van der Waals surface area contributed by atoms with Crippen LogP contribution in [-0.2, 0) is 0 Å². The van der Waals surface area contributed by atoms with Gasteiger partial charge in [-0.3, -0.25) is 9.78 Å². The molecule has 0 saturated carbocycles. The number of hydrogen-bond acceptors (Lipinski definition) is 4. The molecule has 1 amide bonds. The van der Waals surface area contributed by atoms with Gasteiger partial charge in [0.25, 0.3) is 5.91 Å². The van der Waals surface area contributed by atoms with Crippen molar-refractivity contribution >= 4 is 14.5 Å². The third-order valence-electron chi connectivity index (χ3n) is 2.57. The lowest BCUT2D eigenvalue weighted by Crippen LogP contribution is -2.44. The largest absolute Gasteiger partial charge is 0.336 e. The number of amides is 1. The van der Waals surface area contributed by atoms with Gasteiger partial charge in [-0.1, -0.05) is 0 Å². The summed E-state index contributed by atoms with van der Waals surface area (Å²) in [5, 5.41) is 2.73.